The van der Waals surface area contributed by atoms with E-state index in [1.807, 2.05) is 6.07 Å². The third-order valence-corrected chi connectivity index (χ3v) is 2.60. The molecule has 0 fully saturated rings. The zero-order valence-corrected chi connectivity index (χ0v) is 10.0. The van der Waals surface area contributed by atoms with Gasteiger partial charge in [-0.3, -0.25) is 0 Å². The molecule has 0 aromatic heterocycles. The van der Waals surface area contributed by atoms with Crippen LogP contribution in [0.4, 0.5) is 0 Å². The first-order chi connectivity index (χ1) is 8.70. The van der Waals surface area contributed by atoms with Crippen molar-refractivity contribution in [3.63, 3.8) is 0 Å². The highest BCUT2D eigenvalue weighted by Crippen LogP contribution is 2.24. The molecule has 18 heavy (non-hydrogen) atoms. The summed E-state index contributed by atoms with van der Waals surface area (Å²) in [6.07, 6.45) is 0. The Morgan fingerprint density at radius 1 is 1.11 bits per heavy atom. The average Bonchev–Trinajstić information content (AvgIpc) is 2.41. The third-order valence-electron chi connectivity index (χ3n) is 2.29. The first-order valence-corrected chi connectivity index (χ1v) is 5.55. The van der Waals surface area contributed by atoms with Crippen LogP contribution in [-0.4, -0.2) is 5.97 Å². The largest absolute Gasteiger partial charge is 0.421 e. The Labute approximate surface area is 109 Å². The SMILES string of the molecule is N#Cc1ccc(C(=O)Oc2ccccc2Cl)cc1. The second kappa shape index (κ2) is 5.35. The van der Waals surface area contributed by atoms with E-state index in [-0.39, 0.29) is 0 Å². The van der Waals surface area contributed by atoms with Crippen LogP contribution in [0.3, 0.4) is 0 Å². The highest BCUT2D eigenvalue weighted by molar-refractivity contribution is 6.32. The average molecular weight is 258 g/mol. The van der Waals surface area contributed by atoms with Gasteiger partial charge in [0.2, 0.25) is 0 Å². The topological polar surface area (TPSA) is 50.1 Å². The molecular formula is C14H8ClNO2. The molecular weight excluding hydrogens is 250 g/mol. The van der Waals surface area contributed by atoms with Crippen LogP contribution in [0.1, 0.15) is 15.9 Å². The lowest BCUT2D eigenvalue weighted by Crippen LogP contribution is -2.08. The van der Waals surface area contributed by atoms with Crippen LogP contribution in [-0.2, 0) is 0 Å². The minimum atomic E-state index is -0.507. The Kier molecular flexibility index (Phi) is 3.61. The summed E-state index contributed by atoms with van der Waals surface area (Å²) in [5, 5.41) is 9.03. The number of hydrogen-bond acceptors (Lipinski definition) is 3. The molecule has 0 aliphatic heterocycles. The fourth-order valence-electron chi connectivity index (χ4n) is 1.37. The van der Waals surface area contributed by atoms with Gasteiger partial charge in [-0.2, -0.15) is 5.26 Å². The maximum absolute atomic E-state index is 11.8. The Hall–Kier alpha value is -2.31. The lowest BCUT2D eigenvalue weighted by molar-refractivity contribution is 0.0735. The van der Waals surface area contributed by atoms with E-state index in [0.717, 1.165) is 0 Å². The van der Waals surface area contributed by atoms with Crippen molar-refractivity contribution < 1.29 is 9.53 Å². The molecule has 0 saturated heterocycles. The number of esters is 1. The molecule has 2 aromatic rings. The van der Waals surface area contributed by atoms with Gasteiger partial charge in [0.15, 0.2) is 0 Å². The van der Waals surface area contributed by atoms with Crippen molar-refractivity contribution >= 4 is 17.6 Å². The summed E-state index contributed by atoms with van der Waals surface area (Å²) in [5.74, 6) is -0.193. The van der Waals surface area contributed by atoms with E-state index in [1.54, 1.807) is 36.4 Å². The van der Waals surface area contributed by atoms with Gasteiger partial charge in [0.1, 0.15) is 5.75 Å². The van der Waals surface area contributed by atoms with Gasteiger partial charge in [-0.25, -0.2) is 4.79 Å². The molecule has 2 rings (SSSR count). The predicted octanol–water partition coefficient (Wildman–Crippen LogP) is 3.43. The molecule has 0 bridgehead atoms. The highest BCUT2D eigenvalue weighted by Gasteiger charge is 2.10. The number of benzene rings is 2. The lowest BCUT2D eigenvalue weighted by atomic mass is 10.1. The van der Waals surface area contributed by atoms with Gasteiger partial charge in [0.05, 0.1) is 22.2 Å². The molecule has 0 amide bonds. The van der Waals surface area contributed by atoms with Crippen LogP contribution in [0, 0.1) is 11.3 Å². The molecule has 0 unspecified atom stereocenters. The second-order valence-corrected chi connectivity index (χ2v) is 3.92. The summed E-state index contributed by atoms with van der Waals surface area (Å²) in [7, 11) is 0. The minimum Gasteiger partial charge on any atom is -0.421 e. The normalized spacial score (nSPS) is 9.56. The van der Waals surface area contributed by atoms with Gasteiger partial charge < -0.3 is 4.74 Å². The molecule has 0 N–H and O–H groups in total. The second-order valence-electron chi connectivity index (χ2n) is 3.51. The van der Waals surface area contributed by atoms with Crippen molar-refractivity contribution in [1.82, 2.24) is 0 Å². The van der Waals surface area contributed by atoms with Gasteiger partial charge in [0.25, 0.3) is 0 Å². The Morgan fingerprint density at radius 2 is 1.78 bits per heavy atom. The van der Waals surface area contributed by atoms with E-state index in [9.17, 15) is 4.79 Å². The van der Waals surface area contributed by atoms with Crippen LogP contribution in [0.15, 0.2) is 48.5 Å². The summed E-state index contributed by atoms with van der Waals surface area (Å²) >= 11 is 5.88. The van der Waals surface area contributed by atoms with E-state index in [0.29, 0.717) is 21.9 Å². The van der Waals surface area contributed by atoms with Crippen LogP contribution < -0.4 is 4.74 Å². The highest BCUT2D eigenvalue weighted by atomic mass is 35.5. The maximum Gasteiger partial charge on any atom is 0.343 e. The number of rotatable bonds is 2. The van der Waals surface area contributed by atoms with Crippen molar-refractivity contribution in [3.8, 4) is 11.8 Å². The summed E-state index contributed by atoms with van der Waals surface area (Å²) in [4.78, 5) is 11.8. The quantitative estimate of drug-likeness (QED) is 0.612. The molecule has 0 atom stereocenters. The molecule has 2 aromatic carbocycles. The fraction of sp³-hybridized carbons (Fsp3) is 0. The molecule has 0 heterocycles. The molecule has 0 aliphatic rings. The number of hydrogen-bond donors (Lipinski definition) is 0. The van der Waals surface area contributed by atoms with E-state index < -0.39 is 5.97 Å². The molecule has 0 aliphatic carbocycles. The van der Waals surface area contributed by atoms with Crippen LogP contribution in [0.5, 0.6) is 5.75 Å². The number of para-hydroxylation sites is 1. The first kappa shape index (κ1) is 12.2. The number of carbonyl (C=O) groups excluding carboxylic acids is 1. The number of nitriles is 1. The molecule has 0 spiro atoms. The number of nitrogens with zero attached hydrogens (tertiary/aromatic N) is 1. The standard InChI is InChI=1S/C14H8ClNO2/c15-12-3-1-2-4-13(12)18-14(17)11-7-5-10(9-16)6-8-11/h1-8H. The fourth-order valence-corrected chi connectivity index (χ4v) is 1.54. The summed E-state index contributed by atoms with van der Waals surface area (Å²) in [5.41, 5.74) is 0.859. The zero-order valence-electron chi connectivity index (χ0n) is 9.26. The predicted molar refractivity (Wildman–Crippen MR) is 67.6 cm³/mol. The molecule has 0 radical (unpaired) electrons. The van der Waals surface area contributed by atoms with Gasteiger partial charge in [0, 0.05) is 0 Å². The molecule has 88 valence electrons. The van der Waals surface area contributed by atoms with E-state index in [2.05, 4.69) is 0 Å². The third kappa shape index (κ3) is 2.68. The molecule has 3 nitrogen and oxygen atoms in total. The van der Waals surface area contributed by atoms with Crippen molar-refractivity contribution in [2.45, 2.75) is 0 Å². The molecule has 0 saturated carbocycles. The Morgan fingerprint density at radius 3 is 2.39 bits per heavy atom. The summed E-state index contributed by atoms with van der Waals surface area (Å²) < 4.78 is 5.15. The van der Waals surface area contributed by atoms with Gasteiger partial charge in [-0.05, 0) is 36.4 Å². The number of carbonyl (C=O) groups is 1. The van der Waals surface area contributed by atoms with Crippen molar-refractivity contribution in [3.05, 3.63) is 64.7 Å². The van der Waals surface area contributed by atoms with Crippen molar-refractivity contribution in [2.75, 3.05) is 0 Å². The number of ether oxygens (including phenoxy) is 1. The minimum absolute atomic E-state index is 0.313. The Bertz CT molecular complexity index is 614. The smallest absolute Gasteiger partial charge is 0.343 e. The van der Waals surface area contributed by atoms with Crippen LogP contribution >= 0.6 is 11.6 Å². The van der Waals surface area contributed by atoms with Crippen molar-refractivity contribution in [2.24, 2.45) is 0 Å². The van der Waals surface area contributed by atoms with Gasteiger partial charge >= 0.3 is 5.97 Å². The van der Waals surface area contributed by atoms with Crippen LogP contribution in [0.2, 0.25) is 5.02 Å². The van der Waals surface area contributed by atoms with Gasteiger partial charge in [-0.15, -0.1) is 0 Å². The maximum atomic E-state index is 11.8. The first-order valence-electron chi connectivity index (χ1n) is 5.17. The van der Waals surface area contributed by atoms with Gasteiger partial charge in [-0.1, -0.05) is 23.7 Å². The van der Waals surface area contributed by atoms with Crippen molar-refractivity contribution in [1.29, 1.82) is 5.26 Å². The number of halogens is 1. The monoisotopic (exact) mass is 257 g/mol. The summed E-state index contributed by atoms with van der Waals surface area (Å²) in [6.45, 7) is 0. The molecule has 4 heteroatoms. The lowest BCUT2D eigenvalue weighted by Gasteiger charge is -2.05. The van der Waals surface area contributed by atoms with Crippen LogP contribution in [0.25, 0.3) is 0 Å². The Balaban J connectivity index is 2.17. The summed E-state index contributed by atoms with van der Waals surface area (Å²) in [6, 6.07) is 14.9. The zero-order chi connectivity index (χ0) is 13.0. The van der Waals surface area contributed by atoms with E-state index in [4.69, 9.17) is 21.6 Å². The van der Waals surface area contributed by atoms with E-state index in [1.165, 1.54) is 12.1 Å². The van der Waals surface area contributed by atoms with E-state index >= 15 is 0 Å².